The van der Waals surface area contributed by atoms with Crippen molar-refractivity contribution in [3.8, 4) is 5.75 Å². The number of benzene rings is 1. The number of ether oxygens (including phenoxy) is 2. The monoisotopic (exact) mass is 291 g/mol. The Bertz CT molecular complexity index is 479. The van der Waals surface area contributed by atoms with Crippen molar-refractivity contribution in [1.29, 1.82) is 0 Å². The van der Waals surface area contributed by atoms with Crippen LogP contribution >= 0.6 is 0 Å². The lowest BCUT2D eigenvalue weighted by Gasteiger charge is -2.27. The molecule has 0 heterocycles. The summed E-state index contributed by atoms with van der Waals surface area (Å²) in [5, 5.41) is 0. The van der Waals surface area contributed by atoms with E-state index < -0.39 is 0 Å². The molecule has 1 aromatic rings. The van der Waals surface area contributed by atoms with Gasteiger partial charge < -0.3 is 15.2 Å². The van der Waals surface area contributed by atoms with Crippen LogP contribution < -0.4 is 10.5 Å². The molecule has 4 heteroatoms. The molecule has 0 spiro atoms. The molecule has 1 aliphatic rings. The van der Waals surface area contributed by atoms with Gasteiger partial charge in [0.1, 0.15) is 11.9 Å². The van der Waals surface area contributed by atoms with Crippen molar-refractivity contribution < 1.29 is 14.3 Å². The first-order valence-electron chi connectivity index (χ1n) is 7.87. The number of rotatable bonds is 5. The highest BCUT2D eigenvalue weighted by Crippen LogP contribution is 2.29. The standard InChI is InChI=1S/C17H25NO3/c1-3-12-5-8-14(9-6-12)21-17(19)13-7-10-16(20-4-2)15(18)11-13/h7,10-12,14H,3-6,8-9,18H2,1-2H3. The second-order valence-corrected chi connectivity index (χ2v) is 5.64. The van der Waals surface area contributed by atoms with Gasteiger partial charge in [0, 0.05) is 0 Å². The molecule has 4 nitrogen and oxygen atoms in total. The maximum absolute atomic E-state index is 12.2. The van der Waals surface area contributed by atoms with Crippen molar-refractivity contribution in [2.45, 2.75) is 52.1 Å². The van der Waals surface area contributed by atoms with Gasteiger partial charge in [-0.3, -0.25) is 0 Å². The Kier molecular flexibility index (Phi) is 5.48. The molecule has 2 N–H and O–H groups in total. The van der Waals surface area contributed by atoms with Crippen LogP contribution in [0.4, 0.5) is 5.69 Å². The molecule has 1 aromatic carbocycles. The van der Waals surface area contributed by atoms with Gasteiger partial charge in [-0.25, -0.2) is 4.79 Å². The summed E-state index contributed by atoms with van der Waals surface area (Å²) in [6.45, 7) is 4.67. The third-order valence-corrected chi connectivity index (χ3v) is 4.19. The van der Waals surface area contributed by atoms with E-state index in [1.54, 1.807) is 18.2 Å². The smallest absolute Gasteiger partial charge is 0.338 e. The topological polar surface area (TPSA) is 61.5 Å². The molecule has 2 rings (SSSR count). The molecule has 0 atom stereocenters. The molecular weight excluding hydrogens is 266 g/mol. The van der Waals surface area contributed by atoms with Gasteiger partial charge in [-0.05, 0) is 56.7 Å². The average molecular weight is 291 g/mol. The van der Waals surface area contributed by atoms with Gasteiger partial charge in [-0.2, -0.15) is 0 Å². The Morgan fingerprint density at radius 2 is 1.95 bits per heavy atom. The van der Waals surface area contributed by atoms with Crippen LogP contribution in [0.15, 0.2) is 18.2 Å². The fourth-order valence-electron chi connectivity index (χ4n) is 2.84. The zero-order chi connectivity index (χ0) is 15.2. The van der Waals surface area contributed by atoms with Crippen LogP contribution in [0.1, 0.15) is 56.3 Å². The molecular formula is C17H25NO3. The summed E-state index contributed by atoms with van der Waals surface area (Å²) in [5.41, 5.74) is 6.85. The molecule has 1 saturated carbocycles. The van der Waals surface area contributed by atoms with Crippen molar-refractivity contribution >= 4 is 11.7 Å². The van der Waals surface area contributed by atoms with Crippen LogP contribution in [0.5, 0.6) is 5.75 Å². The fraction of sp³-hybridized carbons (Fsp3) is 0.588. The molecule has 1 aliphatic carbocycles. The van der Waals surface area contributed by atoms with Crippen molar-refractivity contribution in [2.24, 2.45) is 5.92 Å². The third kappa shape index (κ3) is 4.13. The predicted molar refractivity (Wildman–Crippen MR) is 83.5 cm³/mol. The average Bonchev–Trinajstić information content (AvgIpc) is 2.50. The second-order valence-electron chi connectivity index (χ2n) is 5.64. The summed E-state index contributed by atoms with van der Waals surface area (Å²) in [4.78, 5) is 12.2. The van der Waals surface area contributed by atoms with E-state index in [1.165, 1.54) is 6.42 Å². The molecule has 0 bridgehead atoms. The number of hydrogen-bond donors (Lipinski definition) is 1. The van der Waals surface area contributed by atoms with Crippen LogP contribution in [0, 0.1) is 5.92 Å². The van der Waals surface area contributed by atoms with Crippen molar-refractivity contribution in [3.05, 3.63) is 23.8 Å². The second kappa shape index (κ2) is 7.34. The summed E-state index contributed by atoms with van der Waals surface area (Å²) in [7, 11) is 0. The Morgan fingerprint density at radius 3 is 2.52 bits per heavy atom. The van der Waals surface area contributed by atoms with Crippen LogP contribution in [-0.2, 0) is 4.74 Å². The minimum atomic E-state index is -0.287. The first-order chi connectivity index (χ1) is 10.1. The van der Waals surface area contributed by atoms with Gasteiger partial charge in [0.15, 0.2) is 0 Å². The number of nitrogen functional groups attached to an aromatic ring is 1. The van der Waals surface area contributed by atoms with Crippen LogP contribution in [0.3, 0.4) is 0 Å². The van der Waals surface area contributed by atoms with Crippen LogP contribution in [0.25, 0.3) is 0 Å². The maximum atomic E-state index is 12.2. The quantitative estimate of drug-likeness (QED) is 0.662. The van der Waals surface area contributed by atoms with Gasteiger partial charge in [0.05, 0.1) is 17.9 Å². The Labute approximate surface area is 126 Å². The molecule has 0 saturated heterocycles. The largest absolute Gasteiger partial charge is 0.492 e. The van der Waals surface area contributed by atoms with Gasteiger partial charge in [0.25, 0.3) is 0 Å². The van der Waals surface area contributed by atoms with E-state index in [2.05, 4.69) is 6.92 Å². The van der Waals surface area contributed by atoms with E-state index in [4.69, 9.17) is 15.2 Å². The normalized spacial score (nSPS) is 21.8. The molecule has 0 aromatic heterocycles. The zero-order valence-electron chi connectivity index (χ0n) is 12.9. The highest BCUT2D eigenvalue weighted by atomic mass is 16.5. The lowest BCUT2D eigenvalue weighted by atomic mass is 9.86. The zero-order valence-corrected chi connectivity index (χ0v) is 12.9. The van der Waals surface area contributed by atoms with Gasteiger partial charge in [-0.15, -0.1) is 0 Å². The van der Waals surface area contributed by atoms with E-state index in [1.807, 2.05) is 6.92 Å². The number of carbonyl (C=O) groups is 1. The highest BCUT2D eigenvalue weighted by Gasteiger charge is 2.23. The summed E-state index contributed by atoms with van der Waals surface area (Å²) < 4.78 is 11.0. The molecule has 1 fully saturated rings. The molecule has 0 unspecified atom stereocenters. The lowest BCUT2D eigenvalue weighted by molar-refractivity contribution is 0.0164. The summed E-state index contributed by atoms with van der Waals surface area (Å²) in [5.74, 6) is 1.11. The molecule has 21 heavy (non-hydrogen) atoms. The van der Waals surface area contributed by atoms with Crippen LogP contribution in [-0.4, -0.2) is 18.7 Å². The first kappa shape index (κ1) is 15.7. The Morgan fingerprint density at radius 1 is 1.24 bits per heavy atom. The number of esters is 1. The number of anilines is 1. The Hall–Kier alpha value is -1.71. The van der Waals surface area contributed by atoms with Gasteiger partial charge in [-0.1, -0.05) is 13.3 Å². The van der Waals surface area contributed by atoms with Crippen molar-refractivity contribution in [3.63, 3.8) is 0 Å². The minimum absolute atomic E-state index is 0.0492. The molecule has 0 radical (unpaired) electrons. The van der Waals surface area contributed by atoms with Crippen LogP contribution in [0.2, 0.25) is 0 Å². The van der Waals surface area contributed by atoms with E-state index in [9.17, 15) is 4.79 Å². The number of nitrogens with two attached hydrogens (primary N) is 1. The van der Waals surface area contributed by atoms with E-state index in [0.29, 0.717) is 23.6 Å². The fourth-order valence-corrected chi connectivity index (χ4v) is 2.84. The third-order valence-electron chi connectivity index (χ3n) is 4.19. The SMILES string of the molecule is CCOc1ccc(C(=O)OC2CCC(CC)CC2)cc1N. The first-order valence-corrected chi connectivity index (χ1v) is 7.87. The minimum Gasteiger partial charge on any atom is -0.492 e. The molecule has 116 valence electrons. The molecule has 0 amide bonds. The Balaban J connectivity index is 1.93. The van der Waals surface area contributed by atoms with E-state index >= 15 is 0 Å². The summed E-state index contributed by atoms with van der Waals surface area (Å²) >= 11 is 0. The molecule has 0 aliphatic heterocycles. The van der Waals surface area contributed by atoms with E-state index in [0.717, 1.165) is 31.6 Å². The summed E-state index contributed by atoms with van der Waals surface area (Å²) in [6, 6.07) is 5.07. The van der Waals surface area contributed by atoms with Gasteiger partial charge in [0.2, 0.25) is 0 Å². The maximum Gasteiger partial charge on any atom is 0.338 e. The van der Waals surface area contributed by atoms with Crippen molar-refractivity contribution in [1.82, 2.24) is 0 Å². The van der Waals surface area contributed by atoms with E-state index in [-0.39, 0.29) is 12.1 Å². The van der Waals surface area contributed by atoms with Gasteiger partial charge >= 0.3 is 5.97 Å². The number of hydrogen-bond acceptors (Lipinski definition) is 4. The highest BCUT2D eigenvalue weighted by molar-refractivity contribution is 5.91. The predicted octanol–water partition coefficient (Wildman–Crippen LogP) is 3.79. The van der Waals surface area contributed by atoms with Crippen molar-refractivity contribution in [2.75, 3.05) is 12.3 Å². The number of carbonyl (C=O) groups excluding carboxylic acids is 1. The lowest BCUT2D eigenvalue weighted by Crippen LogP contribution is -2.24. The summed E-state index contributed by atoms with van der Waals surface area (Å²) in [6.07, 6.45) is 5.51.